The van der Waals surface area contributed by atoms with Gasteiger partial charge in [0.2, 0.25) is 5.91 Å². The van der Waals surface area contributed by atoms with E-state index in [2.05, 4.69) is 10.3 Å². The van der Waals surface area contributed by atoms with Gasteiger partial charge in [0.1, 0.15) is 23.0 Å². The predicted octanol–water partition coefficient (Wildman–Crippen LogP) is 6.69. The van der Waals surface area contributed by atoms with Crippen LogP contribution in [0.15, 0.2) is 65.3 Å². The van der Waals surface area contributed by atoms with Crippen LogP contribution in [0.5, 0.6) is 5.75 Å². The molecule has 4 aromatic rings. The molecule has 2 aromatic heterocycles. The largest absolute Gasteiger partial charge is 0.493 e. The average molecular weight is 445 g/mol. The van der Waals surface area contributed by atoms with E-state index in [0.29, 0.717) is 23.8 Å². The van der Waals surface area contributed by atoms with Crippen molar-refractivity contribution >= 4 is 28.3 Å². The molecule has 6 heteroatoms. The van der Waals surface area contributed by atoms with Crippen molar-refractivity contribution < 1.29 is 18.3 Å². The van der Waals surface area contributed by atoms with Gasteiger partial charge in [0.15, 0.2) is 0 Å². The molecular weight excluding hydrogens is 419 g/mol. The van der Waals surface area contributed by atoms with Gasteiger partial charge in [0.25, 0.3) is 0 Å². The molecule has 4 rings (SSSR count). The molecule has 1 N–H and O–H groups in total. The van der Waals surface area contributed by atoms with Crippen LogP contribution in [0.4, 0.5) is 10.2 Å². The first-order valence-electron chi connectivity index (χ1n) is 10.7. The van der Waals surface area contributed by atoms with Gasteiger partial charge in [-0.05, 0) is 69.2 Å². The highest BCUT2D eigenvalue weighted by molar-refractivity contribution is 6.05. The maximum Gasteiger partial charge on any atom is 0.249 e. The van der Waals surface area contributed by atoms with E-state index in [4.69, 9.17) is 9.15 Å². The number of benzene rings is 2. The summed E-state index contributed by atoms with van der Waals surface area (Å²) in [5.41, 5.74) is 5.57. The lowest BCUT2D eigenvalue weighted by Crippen LogP contribution is -2.10. The predicted molar refractivity (Wildman–Crippen MR) is 129 cm³/mol. The minimum Gasteiger partial charge on any atom is -0.493 e. The number of carbonyl (C=O) groups is 1. The number of hydrogen-bond acceptors (Lipinski definition) is 4. The third-order valence-corrected chi connectivity index (χ3v) is 5.40. The van der Waals surface area contributed by atoms with Gasteiger partial charge in [-0.25, -0.2) is 9.37 Å². The van der Waals surface area contributed by atoms with Gasteiger partial charge in [-0.15, -0.1) is 0 Å². The van der Waals surface area contributed by atoms with E-state index in [0.717, 1.165) is 38.9 Å². The van der Waals surface area contributed by atoms with E-state index in [1.165, 1.54) is 18.2 Å². The van der Waals surface area contributed by atoms with Crippen LogP contribution >= 0.6 is 0 Å². The van der Waals surface area contributed by atoms with Gasteiger partial charge in [0.05, 0.1) is 12.9 Å². The van der Waals surface area contributed by atoms with Crippen LogP contribution < -0.4 is 10.1 Å². The molecular formula is C27H25FN2O3. The number of aromatic nitrogens is 1. The van der Waals surface area contributed by atoms with E-state index in [1.807, 2.05) is 45.9 Å². The molecule has 0 bridgehead atoms. The summed E-state index contributed by atoms with van der Waals surface area (Å²) in [5, 5.41) is 3.67. The second kappa shape index (κ2) is 9.28. The summed E-state index contributed by atoms with van der Waals surface area (Å²) < 4.78 is 25.2. The number of fused-ring (bicyclic) bond motifs is 1. The molecule has 0 unspecified atom stereocenters. The Balaban J connectivity index is 1.78. The third-order valence-electron chi connectivity index (χ3n) is 5.40. The Morgan fingerprint density at radius 3 is 2.64 bits per heavy atom. The van der Waals surface area contributed by atoms with Gasteiger partial charge in [-0.3, -0.25) is 4.79 Å². The van der Waals surface area contributed by atoms with E-state index in [-0.39, 0.29) is 11.7 Å². The number of rotatable bonds is 6. The van der Waals surface area contributed by atoms with Crippen LogP contribution in [0.2, 0.25) is 0 Å². The minimum absolute atomic E-state index is 0.281. The number of pyridine rings is 1. The smallest absolute Gasteiger partial charge is 0.249 e. The first-order valence-corrected chi connectivity index (χ1v) is 10.7. The number of ether oxygens (including phenoxy) is 1. The van der Waals surface area contributed by atoms with Crippen molar-refractivity contribution in [1.29, 1.82) is 0 Å². The highest BCUT2D eigenvalue weighted by atomic mass is 19.1. The Morgan fingerprint density at radius 1 is 1.18 bits per heavy atom. The van der Waals surface area contributed by atoms with Crippen LogP contribution in [0, 0.1) is 19.7 Å². The van der Waals surface area contributed by atoms with Crippen molar-refractivity contribution in [2.24, 2.45) is 0 Å². The molecule has 168 valence electrons. The number of halogens is 1. The van der Waals surface area contributed by atoms with Crippen LogP contribution in [-0.4, -0.2) is 17.5 Å². The summed E-state index contributed by atoms with van der Waals surface area (Å²) in [6.45, 7) is 8.04. The first-order chi connectivity index (χ1) is 15.9. The Kier molecular flexibility index (Phi) is 6.27. The monoisotopic (exact) mass is 444 g/mol. The van der Waals surface area contributed by atoms with Gasteiger partial charge in [-0.1, -0.05) is 18.2 Å². The van der Waals surface area contributed by atoms with Crippen LogP contribution in [0.3, 0.4) is 0 Å². The van der Waals surface area contributed by atoms with Gasteiger partial charge in [-0.2, -0.15) is 0 Å². The molecule has 0 atom stereocenters. The molecule has 0 aliphatic rings. The fraction of sp³-hybridized carbons (Fsp3) is 0.185. The van der Waals surface area contributed by atoms with Crippen LogP contribution in [0.25, 0.3) is 27.7 Å². The lowest BCUT2D eigenvalue weighted by Gasteiger charge is -2.15. The second-order valence-electron chi connectivity index (χ2n) is 7.83. The molecule has 2 aromatic carbocycles. The lowest BCUT2D eigenvalue weighted by atomic mass is 9.96. The molecule has 0 saturated heterocycles. The van der Waals surface area contributed by atoms with Gasteiger partial charge < -0.3 is 14.5 Å². The molecule has 0 spiro atoms. The topological polar surface area (TPSA) is 64.4 Å². The molecule has 0 radical (unpaired) electrons. The number of amides is 1. The number of carbonyl (C=O) groups excluding carboxylic acids is 1. The van der Waals surface area contributed by atoms with E-state index < -0.39 is 0 Å². The summed E-state index contributed by atoms with van der Waals surface area (Å²) in [5.74, 6) is 0.584. The first kappa shape index (κ1) is 22.3. The van der Waals surface area contributed by atoms with E-state index >= 15 is 0 Å². The van der Waals surface area contributed by atoms with Crippen molar-refractivity contribution in [2.45, 2.75) is 27.7 Å². The summed E-state index contributed by atoms with van der Waals surface area (Å²) in [7, 11) is 0. The van der Waals surface area contributed by atoms with E-state index in [1.54, 1.807) is 24.5 Å². The van der Waals surface area contributed by atoms with Crippen LogP contribution in [-0.2, 0) is 4.79 Å². The lowest BCUT2D eigenvalue weighted by molar-refractivity contribution is -0.111. The highest BCUT2D eigenvalue weighted by Gasteiger charge is 2.19. The van der Waals surface area contributed by atoms with Crippen molar-refractivity contribution in [2.75, 3.05) is 11.9 Å². The summed E-state index contributed by atoms with van der Waals surface area (Å²) in [6.07, 6.45) is 3.20. The average Bonchev–Trinajstić information content (AvgIpc) is 3.20. The number of nitrogens with one attached hydrogen (secondary N) is 1. The fourth-order valence-corrected chi connectivity index (χ4v) is 3.84. The zero-order chi connectivity index (χ0) is 23.5. The number of hydrogen-bond donors (Lipinski definition) is 1. The number of allylic oxidation sites excluding steroid dienone is 1. The molecule has 5 nitrogen and oxygen atoms in total. The maximum absolute atomic E-state index is 13.4. The molecule has 0 saturated carbocycles. The minimum atomic E-state index is -0.296. The Bertz CT molecular complexity index is 1350. The highest BCUT2D eigenvalue weighted by Crippen LogP contribution is 2.40. The van der Waals surface area contributed by atoms with Crippen molar-refractivity contribution in [3.05, 3.63) is 83.5 Å². The van der Waals surface area contributed by atoms with Crippen molar-refractivity contribution in [1.82, 2.24) is 4.98 Å². The standard InChI is InChI=1S/C27H25FN2O3/c1-5-32-26-18(4)27-22(23(15-33-27)19-9-11-20(28)12-10-19)14-21(26)16(2)13-25(31)30-24-8-6-7-17(3)29-24/h6-15H,5H2,1-4H3,(H,29,30,31)/b16-13+. The molecule has 0 fully saturated rings. The molecule has 0 aliphatic heterocycles. The fourth-order valence-electron chi connectivity index (χ4n) is 3.84. The number of aryl methyl sites for hydroxylation is 2. The number of furan rings is 1. The summed E-state index contributed by atoms with van der Waals surface area (Å²) in [4.78, 5) is 17.0. The Labute approximate surface area is 191 Å². The zero-order valence-corrected chi connectivity index (χ0v) is 19.0. The summed E-state index contributed by atoms with van der Waals surface area (Å²) >= 11 is 0. The molecule has 33 heavy (non-hydrogen) atoms. The molecule has 2 heterocycles. The van der Waals surface area contributed by atoms with E-state index in [9.17, 15) is 9.18 Å². The van der Waals surface area contributed by atoms with Gasteiger partial charge >= 0.3 is 0 Å². The number of anilines is 1. The number of nitrogens with zero attached hydrogens (tertiary/aromatic N) is 1. The quantitative estimate of drug-likeness (QED) is 0.337. The molecule has 0 aliphatic carbocycles. The van der Waals surface area contributed by atoms with Crippen molar-refractivity contribution in [3.63, 3.8) is 0 Å². The van der Waals surface area contributed by atoms with Crippen LogP contribution in [0.1, 0.15) is 30.7 Å². The maximum atomic E-state index is 13.4. The second-order valence-corrected chi connectivity index (χ2v) is 7.83. The SMILES string of the molecule is CCOc1c(/C(C)=C/C(=O)Nc2cccc(C)n2)cc2c(-c3ccc(F)cc3)coc2c1C. The molecule has 1 amide bonds. The van der Waals surface area contributed by atoms with Gasteiger partial charge in [0, 0.05) is 33.8 Å². The normalized spacial score (nSPS) is 11.6. The zero-order valence-electron chi connectivity index (χ0n) is 19.0. The Morgan fingerprint density at radius 2 is 1.94 bits per heavy atom. The van der Waals surface area contributed by atoms with Crippen molar-refractivity contribution in [3.8, 4) is 16.9 Å². The summed E-state index contributed by atoms with van der Waals surface area (Å²) in [6, 6.07) is 13.7. The Hall–Kier alpha value is -3.93. The third kappa shape index (κ3) is 4.65.